The second kappa shape index (κ2) is 5.42. The van der Waals surface area contributed by atoms with Crippen molar-refractivity contribution in [2.24, 2.45) is 11.7 Å². The first-order valence-corrected chi connectivity index (χ1v) is 7.37. The van der Waals surface area contributed by atoms with E-state index in [1.165, 1.54) is 6.42 Å². The lowest BCUT2D eigenvalue weighted by molar-refractivity contribution is -0.0658. The van der Waals surface area contributed by atoms with E-state index in [2.05, 4.69) is 17.1 Å². The van der Waals surface area contributed by atoms with Gasteiger partial charge in [0.25, 0.3) is 0 Å². The highest BCUT2D eigenvalue weighted by Gasteiger charge is 2.42. The Balaban J connectivity index is 1.84. The fourth-order valence-corrected chi connectivity index (χ4v) is 3.38. The molecule has 1 saturated heterocycles. The summed E-state index contributed by atoms with van der Waals surface area (Å²) in [6.07, 6.45) is 4.25. The van der Waals surface area contributed by atoms with Gasteiger partial charge in [0.05, 0.1) is 19.1 Å². The number of methoxy groups -OCH3 is 1. The van der Waals surface area contributed by atoms with E-state index >= 15 is 0 Å². The number of nitrogens with zero attached hydrogens (tertiary/aromatic N) is 2. The van der Waals surface area contributed by atoms with Gasteiger partial charge in [-0.25, -0.2) is 0 Å². The van der Waals surface area contributed by atoms with Crippen LogP contribution in [-0.2, 0) is 15.1 Å². The standard InChI is InChI=1S/C14H23N3O3/c1-9-4-3-5-14(6-9,18-2)13-16-12(20-17-13)10-7-19-8-11(10)15/h9-11H,3-8,15H2,1-2H3. The van der Waals surface area contributed by atoms with E-state index in [-0.39, 0.29) is 12.0 Å². The molecular formula is C14H23N3O3. The second-order valence-corrected chi connectivity index (χ2v) is 6.16. The van der Waals surface area contributed by atoms with Crippen LogP contribution in [0.15, 0.2) is 4.52 Å². The Hall–Kier alpha value is -0.980. The molecule has 1 saturated carbocycles. The first-order chi connectivity index (χ1) is 9.64. The van der Waals surface area contributed by atoms with Gasteiger partial charge in [0.15, 0.2) is 0 Å². The third-order valence-corrected chi connectivity index (χ3v) is 4.64. The van der Waals surface area contributed by atoms with Crippen molar-refractivity contribution in [2.45, 2.75) is 50.2 Å². The van der Waals surface area contributed by atoms with Gasteiger partial charge in [0.1, 0.15) is 5.60 Å². The molecule has 6 nitrogen and oxygen atoms in total. The van der Waals surface area contributed by atoms with E-state index < -0.39 is 5.60 Å². The Morgan fingerprint density at radius 1 is 1.40 bits per heavy atom. The van der Waals surface area contributed by atoms with Crippen molar-refractivity contribution in [1.82, 2.24) is 10.1 Å². The number of rotatable bonds is 3. The molecule has 1 aromatic heterocycles. The zero-order valence-corrected chi connectivity index (χ0v) is 12.2. The molecule has 0 amide bonds. The molecule has 1 aromatic rings. The molecule has 6 heteroatoms. The fourth-order valence-electron chi connectivity index (χ4n) is 3.38. The number of aromatic nitrogens is 2. The maximum absolute atomic E-state index is 6.00. The summed E-state index contributed by atoms with van der Waals surface area (Å²) in [4.78, 5) is 4.58. The van der Waals surface area contributed by atoms with E-state index in [4.69, 9.17) is 19.7 Å². The Morgan fingerprint density at radius 3 is 2.90 bits per heavy atom. The molecule has 0 spiro atoms. The van der Waals surface area contributed by atoms with Gasteiger partial charge in [0.2, 0.25) is 11.7 Å². The predicted molar refractivity (Wildman–Crippen MR) is 72.2 cm³/mol. The Bertz CT molecular complexity index is 464. The smallest absolute Gasteiger partial charge is 0.233 e. The maximum Gasteiger partial charge on any atom is 0.233 e. The average Bonchev–Trinajstić information content (AvgIpc) is 3.07. The lowest BCUT2D eigenvalue weighted by Gasteiger charge is -2.36. The van der Waals surface area contributed by atoms with Crippen molar-refractivity contribution < 1.29 is 14.0 Å². The second-order valence-electron chi connectivity index (χ2n) is 6.16. The summed E-state index contributed by atoms with van der Waals surface area (Å²) in [6, 6.07) is -0.0629. The van der Waals surface area contributed by atoms with Crippen LogP contribution in [0.1, 0.15) is 50.2 Å². The van der Waals surface area contributed by atoms with E-state index in [9.17, 15) is 0 Å². The molecule has 4 unspecified atom stereocenters. The summed E-state index contributed by atoms with van der Waals surface area (Å²) in [5.74, 6) is 1.87. The van der Waals surface area contributed by atoms with E-state index in [0.29, 0.717) is 30.8 Å². The molecule has 112 valence electrons. The quantitative estimate of drug-likeness (QED) is 0.905. The van der Waals surface area contributed by atoms with Crippen LogP contribution in [0, 0.1) is 5.92 Å². The summed E-state index contributed by atoms with van der Waals surface area (Å²) >= 11 is 0. The van der Waals surface area contributed by atoms with E-state index in [1.54, 1.807) is 7.11 Å². The van der Waals surface area contributed by atoms with Crippen molar-refractivity contribution in [3.8, 4) is 0 Å². The minimum Gasteiger partial charge on any atom is -0.379 e. The van der Waals surface area contributed by atoms with Crippen LogP contribution >= 0.6 is 0 Å². The van der Waals surface area contributed by atoms with Crippen LogP contribution in [0.3, 0.4) is 0 Å². The van der Waals surface area contributed by atoms with Crippen LogP contribution in [-0.4, -0.2) is 36.5 Å². The van der Waals surface area contributed by atoms with Crippen LogP contribution < -0.4 is 5.73 Å². The number of nitrogens with two attached hydrogens (primary N) is 1. The molecule has 2 fully saturated rings. The lowest BCUT2D eigenvalue weighted by Crippen LogP contribution is -2.35. The molecular weight excluding hydrogens is 258 g/mol. The monoisotopic (exact) mass is 281 g/mol. The van der Waals surface area contributed by atoms with Crippen LogP contribution in [0.4, 0.5) is 0 Å². The van der Waals surface area contributed by atoms with Crippen molar-refractivity contribution >= 4 is 0 Å². The first-order valence-electron chi connectivity index (χ1n) is 7.37. The molecule has 4 atom stereocenters. The highest BCUT2D eigenvalue weighted by molar-refractivity contribution is 5.08. The fraction of sp³-hybridized carbons (Fsp3) is 0.857. The molecule has 2 N–H and O–H groups in total. The van der Waals surface area contributed by atoms with Crippen molar-refractivity contribution in [2.75, 3.05) is 20.3 Å². The molecule has 1 aliphatic heterocycles. The van der Waals surface area contributed by atoms with Gasteiger partial charge in [-0.3, -0.25) is 0 Å². The van der Waals surface area contributed by atoms with Crippen LogP contribution in [0.5, 0.6) is 0 Å². The highest BCUT2D eigenvalue weighted by atomic mass is 16.5. The molecule has 3 rings (SSSR count). The molecule has 2 heterocycles. The number of ether oxygens (including phenoxy) is 2. The third-order valence-electron chi connectivity index (χ3n) is 4.64. The van der Waals surface area contributed by atoms with Gasteiger partial charge in [-0.15, -0.1) is 0 Å². The molecule has 0 bridgehead atoms. The van der Waals surface area contributed by atoms with Gasteiger partial charge >= 0.3 is 0 Å². The Kier molecular flexibility index (Phi) is 3.79. The zero-order chi connectivity index (χ0) is 14.2. The summed E-state index contributed by atoms with van der Waals surface area (Å²) in [6.45, 7) is 3.35. The first kappa shape index (κ1) is 14.0. The van der Waals surface area contributed by atoms with Crippen LogP contribution in [0.2, 0.25) is 0 Å². The Morgan fingerprint density at radius 2 is 2.25 bits per heavy atom. The van der Waals surface area contributed by atoms with Gasteiger partial charge in [-0.05, 0) is 25.2 Å². The minimum absolute atomic E-state index is 0.00571. The average molecular weight is 281 g/mol. The van der Waals surface area contributed by atoms with E-state index in [0.717, 1.165) is 19.3 Å². The highest BCUT2D eigenvalue weighted by Crippen LogP contribution is 2.41. The molecule has 0 radical (unpaired) electrons. The summed E-state index contributed by atoms with van der Waals surface area (Å²) < 4.78 is 16.6. The van der Waals surface area contributed by atoms with Gasteiger partial charge < -0.3 is 19.7 Å². The molecule has 0 aromatic carbocycles. The summed E-state index contributed by atoms with van der Waals surface area (Å²) in [7, 11) is 1.73. The SMILES string of the molecule is COC1(c2noc(C3COCC3N)n2)CCCC(C)C1. The molecule has 2 aliphatic rings. The molecule has 1 aliphatic carbocycles. The van der Waals surface area contributed by atoms with Gasteiger partial charge in [0, 0.05) is 13.2 Å². The summed E-state index contributed by atoms with van der Waals surface area (Å²) in [5.41, 5.74) is 5.60. The van der Waals surface area contributed by atoms with Crippen molar-refractivity contribution in [1.29, 1.82) is 0 Å². The summed E-state index contributed by atoms with van der Waals surface area (Å²) in [5, 5.41) is 4.17. The molecule has 20 heavy (non-hydrogen) atoms. The number of hydrogen-bond acceptors (Lipinski definition) is 6. The number of hydrogen-bond donors (Lipinski definition) is 1. The predicted octanol–water partition coefficient (Wildman–Crippen LogP) is 1.56. The van der Waals surface area contributed by atoms with E-state index in [1.807, 2.05) is 0 Å². The topological polar surface area (TPSA) is 83.4 Å². The normalized spacial score (nSPS) is 38.2. The zero-order valence-electron chi connectivity index (χ0n) is 12.2. The minimum atomic E-state index is -0.400. The maximum atomic E-state index is 6.00. The van der Waals surface area contributed by atoms with Crippen molar-refractivity contribution in [3.63, 3.8) is 0 Å². The lowest BCUT2D eigenvalue weighted by atomic mass is 9.78. The van der Waals surface area contributed by atoms with Gasteiger partial charge in [-0.2, -0.15) is 4.98 Å². The van der Waals surface area contributed by atoms with Crippen molar-refractivity contribution in [3.05, 3.63) is 11.7 Å². The third kappa shape index (κ3) is 2.36. The largest absolute Gasteiger partial charge is 0.379 e. The Labute approximate surface area is 119 Å². The van der Waals surface area contributed by atoms with Gasteiger partial charge in [-0.1, -0.05) is 18.5 Å². The van der Waals surface area contributed by atoms with Crippen LogP contribution in [0.25, 0.3) is 0 Å².